The summed E-state index contributed by atoms with van der Waals surface area (Å²) in [5, 5.41) is 0. The molecule has 5 heteroatoms. The molecule has 4 aliphatic carbocycles. The maximum Gasteiger partial charge on any atom is 0.312 e. The molecule has 0 spiro atoms. The van der Waals surface area contributed by atoms with E-state index in [1.165, 1.54) is 25.3 Å². The van der Waals surface area contributed by atoms with Crippen molar-refractivity contribution in [1.29, 1.82) is 0 Å². The zero-order valence-corrected chi connectivity index (χ0v) is 15.2. The number of carbonyl (C=O) groups excluding carboxylic acids is 1. The average Bonchev–Trinajstić information content (AvgIpc) is 2.50. The topological polar surface area (TPSA) is 35.5 Å². The normalized spacial score (nSPS) is 36.6. The molecule has 3 nitrogen and oxygen atoms in total. The van der Waals surface area contributed by atoms with Gasteiger partial charge in [0.25, 0.3) is 0 Å². The van der Waals surface area contributed by atoms with Gasteiger partial charge in [0.15, 0.2) is 11.6 Å². The minimum Gasteiger partial charge on any atom is -0.487 e. The Hall–Kier alpha value is -1.10. The van der Waals surface area contributed by atoms with Crippen LogP contribution in [0.2, 0.25) is 0 Å². The molecule has 1 aromatic carbocycles. The third-order valence-electron chi connectivity index (χ3n) is 5.83. The molecule has 2 atom stereocenters. The van der Waals surface area contributed by atoms with E-state index in [9.17, 15) is 9.18 Å². The van der Waals surface area contributed by atoms with Crippen LogP contribution in [0.3, 0.4) is 0 Å². The molecule has 0 heterocycles. The molecule has 4 aliphatic rings. The number of alkyl halides is 1. The van der Waals surface area contributed by atoms with Gasteiger partial charge in [-0.05, 0) is 62.5 Å². The third-order valence-corrected chi connectivity index (χ3v) is 6.76. The van der Waals surface area contributed by atoms with Gasteiger partial charge in [0, 0.05) is 4.32 Å². The fraction of sp³-hybridized carbons (Fsp3) is 0.632. The van der Waals surface area contributed by atoms with Crippen molar-refractivity contribution in [1.82, 2.24) is 0 Å². The Kier molecular flexibility index (Phi) is 4.10. The lowest BCUT2D eigenvalue weighted by Gasteiger charge is -2.58. The Labute approximate surface area is 150 Å². The number of para-hydroxylation sites is 1. The van der Waals surface area contributed by atoms with E-state index < -0.39 is 5.82 Å². The second-order valence-corrected chi connectivity index (χ2v) is 9.49. The third kappa shape index (κ3) is 2.96. The molecular formula is C19H22BrFO3. The second-order valence-electron chi connectivity index (χ2n) is 7.81. The summed E-state index contributed by atoms with van der Waals surface area (Å²) in [6, 6.07) is 6.26. The van der Waals surface area contributed by atoms with Gasteiger partial charge in [-0.15, -0.1) is 0 Å². The molecule has 24 heavy (non-hydrogen) atoms. The summed E-state index contributed by atoms with van der Waals surface area (Å²) in [5.74, 6) is 1.01. The van der Waals surface area contributed by atoms with E-state index in [4.69, 9.17) is 9.47 Å². The van der Waals surface area contributed by atoms with E-state index in [2.05, 4.69) is 15.9 Å². The fourth-order valence-corrected chi connectivity index (χ4v) is 6.84. The summed E-state index contributed by atoms with van der Waals surface area (Å²) in [6.45, 7) is 0.342. The lowest BCUT2D eigenvalue weighted by atomic mass is 9.49. The van der Waals surface area contributed by atoms with Gasteiger partial charge >= 0.3 is 5.97 Å². The Morgan fingerprint density at radius 3 is 2.54 bits per heavy atom. The van der Waals surface area contributed by atoms with Gasteiger partial charge in [0.05, 0.1) is 5.41 Å². The van der Waals surface area contributed by atoms with Gasteiger partial charge in [-0.2, -0.15) is 0 Å². The number of rotatable bonds is 5. The smallest absolute Gasteiger partial charge is 0.312 e. The molecule has 0 saturated heterocycles. The maximum atomic E-state index is 13.5. The highest BCUT2D eigenvalue weighted by Crippen LogP contribution is 2.64. The molecule has 4 saturated carbocycles. The van der Waals surface area contributed by atoms with Gasteiger partial charge in [-0.3, -0.25) is 4.79 Å². The summed E-state index contributed by atoms with van der Waals surface area (Å²) in [4.78, 5) is 12.7. The minimum atomic E-state index is -0.397. The molecule has 0 aromatic heterocycles. The number of benzene rings is 1. The number of ether oxygens (including phenoxy) is 2. The van der Waals surface area contributed by atoms with Crippen LogP contribution in [0.15, 0.2) is 24.3 Å². The quantitative estimate of drug-likeness (QED) is 0.418. The molecule has 4 bridgehead atoms. The maximum absolute atomic E-state index is 13.5. The minimum absolute atomic E-state index is 0.0856. The molecule has 0 N–H and O–H groups in total. The van der Waals surface area contributed by atoms with Crippen LogP contribution in [-0.2, 0) is 9.53 Å². The van der Waals surface area contributed by atoms with Crippen LogP contribution in [0.1, 0.15) is 38.5 Å². The highest BCUT2D eigenvalue weighted by Gasteiger charge is 2.60. The zero-order chi connectivity index (χ0) is 16.8. The highest BCUT2D eigenvalue weighted by atomic mass is 79.9. The Balaban J connectivity index is 1.33. The fourth-order valence-electron chi connectivity index (χ4n) is 5.39. The van der Waals surface area contributed by atoms with E-state index in [1.807, 2.05) is 0 Å². The molecule has 0 unspecified atom stereocenters. The first-order chi connectivity index (χ1) is 11.5. The highest BCUT2D eigenvalue weighted by molar-refractivity contribution is 9.10. The molecule has 130 valence electrons. The van der Waals surface area contributed by atoms with Gasteiger partial charge in [-0.1, -0.05) is 28.1 Å². The number of esters is 1. The number of hydrogen-bond acceptors (Lipinski definition) is 3. The van der Waals surface area contributed by atoms with E-state index in [1.54, 1.807) is 18.2 Å². The monoisotopic (exact) mass is 396 g/mol. The van der Waals surface area contributed by atoms with Crippen LogP contribution < -0.4 is 4.74 Å². The summed E-state index contributed by atoms with van der Waals surface area (Å²) >= 11 is 3.91. The molecule has 0 amide bonds. The Morgan fingerprint density at radius 1 is 1.17 bits per heavy atom. The Morgan fingerprint density at radius 2 is 1.88 bits per heavy atom. The SMILES string of the molecule is O=C(OCCOc1ccccc1F)C12C[C@H]3C[C@@H](CC(Br)(C3)C1)C2. The van der Waals surface area contributed by atoms with Crippen molar-refractivity contribution in [2.24, 2.45) is 17.3 Å². The van der Waals surface area contributed by atoms with Gasteiger partial charge in [0.2, 0.25) is 0 Å². The predicted octanol–water partition coefficient (Wildman–Crippen LogP) is 4.48. The van der Waals surface area contributed by atoms with Crippen molar-refractivity contribution in [2.45, 2.75) is 42.8 Å². The average molecular weight is 397 g/mol. The van der Waals surface area contributed by atoms with Crippen LogP contribution in [0, 0.1) is 23.1 Å². The van der Waals surface area contributed by atoms with Crippen LogP contribution in [0.4, 0.5) is 4.39 Å². The first kappa shape index (κ1) is 16.4. The molecule has 5 rings (SSSR count). The number of carbonyl (C=O) groups is 1. The van der Waals surface area contributed by atoms with Crippen molar-refractivity contribution < 1.29 is 18.7 Å². The van der Waals surface area contributed by atoms with Crippen LogP contribution in [-0.4, -0.2) is 23.5 Å². The number of halogens is 2. The molecule has 4 fully saturated rings. The first-order valence-electron chi connectivity index (χ1n) is 8.72. The van der Waals surface area contributed by atoms with Crippen LogP contribution >= 0.6 is 15.9 Å². The van der Waals surface area contributed by atoms with Crippen molar-refractivity contribution in [3.05, 3.63) is 30.1 Å². The van der Waals surface area contributed by atoms with Crippen molar-refractivity contribution in [2.75, 3.05) is 13.2 Å². The molecule has 0 radical (unpaired) electrons. The lowest BCUT2D eigenvalue weighted by molar-refractivity contribution is -0.170. The van der Waals surface area contributed by atoms with E-state index in [0.717, 1.165) is 19.3 Å². The molecular weight excluding hydrogens is 375 g/mol. The largest absolute Gasteiger partial charge is 0.487 e. The second kappa shape index (κ2) is 6.01. The zero-order valence-electron chi connectivity index (χ0n) is 13.6. The van der Waals surface area contributed by atoms with E-state index >= 15 is 0 Å². The predicted molar refractivity (Wildman–Crippen MR) is 91.6 cm³/mol. The van der Waals surface area contributed by atoms with Crippen molar-refractivity contribution in [3.8, 4) is 5.75 Å². The molecule has 1 aromatic rings. The summed E-state index contributed by atoms with van der Waals surface area (Å²) in [6.07, 6.45) is 6.45. The first-order valence-corrected chi connectivity index (χ1v) is 9.51. The number of hydrogen-bond donors (Lipinski definition) is 0. The summed E-state index contributed by atoms with van der Waals surface area (Å²) in [5.41, 5.74) is -0.314. The van der Waals surface area contributed by atoms with Gasteiger partial charge < -0.3 is 9.47 Å². The standard InChI is InChI=1S/C19H22BrFO3/c20-19-10-13-7-14(11-19)9-18(8-13,12-19)17(22)24-6-5-23-16-4-2-1-3-15(16)21/h1-4,13-14H,5-12H2/t13-,14-,18?,19?/m1/s1. The summed E-state index contributed by atoms with van der Waals surface area (Å²) in [7, 11) is 0. The van der Waals surface area contributed by atoms with Crippen LogP contribution in [0.25, 0.3) is 0 Å². The lowest BCUT2D eigenvalue weighted by Crippen LogP contribution is -2.56. The van der Waals surface area contributed by atoms with Gasteiger partial charge in [-0.25, -0.2) is 4.39 Å². The van der Waals surface area contributed by atoms with Gasteiger partial charge in [0.1, 0.15) is 13.2 Å². The Bertz CT molecular complexity index is 633. The summed E-state index contributed by atoms with van der Waals surface area (Å²) < 4.78 is 24.5. The van der Waals surface area contributed by atoms with Crippen LogP contribution in [0.5, 0.6) is 5.75 Å². The molecule has 0 aliphatic heterocycles. The van der Waals surface area contributed by atoms with E-state index in [0.29, 0.717) is 11.8 Å². The van der Waals surface area contributed by atoms with Crippen molar-refractivity contribution >= 4 is 21.9 Å². The van der Waals surface area contributed by atoms with E-state index in [-0.39, 0.29) is 34.7 Å². The van der Waals surface area contributed by atoms with Crippen molar-refractivity contribution in [3.63, 3.8) is 0 Å².